The number of nitrogens with one attached hydrogen (secondary N) is 1. The number of hydrogen-bond donors (Lipinski definition) is 1. The first kappa shape index (κ1) is 22.1. The number of benzene rings is 2. The zero-order valence-corrected chi connectivity index (χ0v) is 20.6. The van der Waals surface area contributed by atoms with Gasteiger partial charge in [-0.05, 0) is 43.1 Å². The Morgan fingerprint density at radius 3 is 2.57 bits per heavy atom. The summed E-state index contributed by atoms with van der Waals surface area (Å²) in [6.07, 6.45) is 12.1. The molecule has 1 saturated heterocycles. The van der Waals surface area contributed by atoms with Crippen molar-refractivity contribution >= 4 is 17.7 Å². The minimum absolute atomic E-state index is 0.218. The van der Waals surface area contributed by atoms with E-state index < -0.39 is 0 Å². The summed E-state index contributed by atoms with van der Waals surface area (Å²) < 4.78 is 1.84. The molecule has 0 spiro atoms. The predicted octanol–water partition coefficient (Wildman–Crippen LogP) is 4.61. The third kappa shape index (κ3) is 4.36. The maximum absolute atomic E-state index is 4.96. The van der Waals surface area contributed by atoms with Gasteiger partial charge in [-0.1, -0.05) is 54.6 Å². The zero-order chi connectivity index (χ0) is 24.6. The molecule has 7 rings (SSSR count). The van der Waals surface area contributed by atoms with Crippen molar-refractivity contribution in [2.75, 3.05) is 13.1 Å². The number of piperidine rings is 1. The fourth-order valence-electron chi connectivity index (χ4n) is 5.62. The topological polar surface area (TPSA) is 70.2 Å². The van der Waals surface area contributed by atoms with E-state index in [1.807, 2.05) is 29.1 Å². The Labute approximate surface area is 216 Å². The molecule has 2 aromatic carbocycles. The number of rotatable bonds is 5. The van der Waals surface area contributed by atoms with Crippen LogP contribution in [0.25, 0.3) is 28.0 Å². The van der Waals surface area contributed by atoms with Crippen LogP contribution in [0.4, 0.5) is 0 Å². The van der Waals surface area contributed by atoms with Gasteiger partial charge in [0, 0.05) is 48.3 Å². The summed E-state index contributed by atoms with van der Waals surface area (Å²) in [7, 11) is 0. The summed E-state index contributed by atoms with van der Waals surface area (Å²) in [5.74, 6) is 1.70. The SMILES string of the molecule is C1=CC2N=C(C3CCN(Cc4ccc(-c5nc6ccnn6cc5-c5ccccc5)cc4)CC3)NC2C=N1. The molecule has 1 N–H and O–H groups in total. The molecule has 7 nitrogen and oxygen atoms in total. The fourth-order valence-corrected chi connectivity index (χ4v) is 5.62. The van der Waals surface area contributed by atoms with Crippen molar-refractivity contribution in [1.29, 1.82) is 0 Å². The van der Waals surface area contributed by atoms with Gasteiger partial charge in [-0.2, -0.15) is 5.10 Å². The van der Waals surface area contributed by atoms with E-state index in [1.165, 1.54) is 11.4 Å². The molecule has 0 amide bonds. The Bertz CT molecular complexity index is 1490. The molecule has 0 radical (unpaired) electrons. The summed E-state index contributed by atoms with van der Waals surface area (Å²) in [6.45, 7) is 3.14. The lowest BCUT2D eigenvalue weighted by Crippen LogP contribution is -2.42. The average molecular weight is 488 g/mol. The van der Waals surface area contributed by atoms with Crippen molar-refractivity contribution < 1.29 is 0 Å². The van der Waals surface area contributed by atoms with E-state index in [2.05, 4.69) is 81.1 Å². The molecule has 0 bridgehead atoms. The highest BCUT2D eigenvalue weighted by Crippen LogP contribution is 2.31. The molecule has 184 valence electrons. The lowest BCUT2D eigenvalue weighted by molar-refractivity contribution is 0.201. The molecular weight excluding hydrogens is 458 g/mol. The summed E-state index contributed by atoms with van der Waals surface area (Å²) in [4.78, 5) is 16.7. The van der Waals surface area contributed by atoms with Crippen LogP contribution in [-0.4, -0.2) is 56.7 Å². The number of aromatic nitrogens is 3. The van der Waals surface area contributed by atoms with Crippen molar-refractivity contribution in [3.05, 3.63) is 90.9 Å². The number of aliphatic imine (C=N–C) groups is 2. The highest BCUT2D eigenvalue weighted by atomic mass is 15.2. The van der Waals surface area contributed by atoms with E-state index in [1.54, 1.807) is 6.20 Å². The van der Waals surface area contributed by atoms with Gasteiger partial charge in [0.2, 0.25) is 0 Å². The maximum Gasteiger partial charge on any atom is 0.155 e. The lowest BCUT2D eigenvalue weighted by Gasteiger charge is -2.32. The van der Waals surface area contributed by atoms with Crippen LogP contribution in [0, 0.1) is 5.92 Å². The minimum Gasteiger partial charge on any atom is -0.363 e. The first-order chi connectivity index (χ1) is 18.3. The Morgan fingerprint density at radius 1 is 0.919 bits per heavy atom. The number of hydrogen-bond acceptors (Lipinski definition) is 6. The van der Waals surface area contributed by atoms with Gasteiger partial charge in [-0.15, -0.1) is 0 Å². The first-order valence-corrected chi connectivity index (χ1v) is 13.1. The smallest absolute Gasteiger partial charge is 0.155 e. The van der Waals surface area contributed by atoms with Crippen LogP contribution in [0.15, 0.2) is 95.3 Å². The Morgan fingerprint density at radius 2 is 1.76 bits per heavy atom. The van der Waals surface area contributed by atoms with Crippen LogP contribution in [0.5, 0.6) is 0 Å². The molecule has 0 aliphatic carbocycles. The number of nitrogens with zero attached hydrogens (tertiary/aromatic N) is 6. The number of fused-ring (bicyclic) bond motifs is 2. The molecule has 37 heavy (non-hydrogen) atoms. The van der Waals surface area contributed by atoms with Crippen molar-refractivity contribution in [3.8, 4) is 22.4 Å². The summed E-state index contributed by atoms with van der Waals surface area (Å²) >= 11 is 0. The highest BCUT2D eigenvalue weighted by Gasteiger charge is 2.32. The van der Waals surface area contributed by atoms with Gasteiger partial charge in [-0.3, -0.25) is 14.9 Å². The van der Waals surface area contributed by atoms with Gasteiger partial charge in [0.1, 0.15) is 5.84 Å². The van der Waals surface area contributed by atoms with E-state index in [-0.39, 0.29) is 12.1 Å². The monoisotopic (exact) mass is 487 g/mol. The Balaban J connectivity index is 1.05. The van der Waals surface area contributed by atoms with Crippen LogP contribution in [0.1, 0.15) is 18.4 Å². The first-order valence-electron chi connectivity index (χ1n) is 13.1. The lowest BCUT2D eigenvalue weighted by atomic mass is 9.95. The van der Waals surface area contributed by atoms with E-state index in [0.717, 1.165) is 60.5 Å². The molecule has 7 heteroatoms. The maximum atomic E-state index is 4.96. The largest absolute Gasteiger partial charge is 0.363 e. The predicted molar refractivity (Wildman–Crippen MR) is 148 cm³/mol. The second-order valence-corrected chi connectivity index (χ2v) is 10.1. The Hall–Kier alpha value is -4.10. The summed E-state index contributed by atoms with van der Waals surface area (Å²) in [5, 5.41) is 7.99. The Kier molecular flexibility index (Phi) is 5.63. The fraction of sp³-hybridized carbons (Fsp3) is 0.267. The minimum atomic E-state index is 0.218. The molecular formula is C30H29N7. The van der Waals surface area contributed by atoms with E-state index in [0.29, 0.717) is 5.92 Å². The van der Waals surface area contributed by atoms with Gasteiger partial charge in [-0.25, -0.2) is 9.50 Å². The van der Waals surface area contributed by atoms with E-state index in [4.69, 9.17) is 9.98 Å². The van der Waals surface area contributed by atoms with Gasteiger partial charge in [0.15, 0.2) is 5.65 Å². The average Bonchev–Trinajstić information content (AvgIpc) is 3.60. The second-order valence-electron chi connectivity index (χ2n) is 10.1. The molecule has 1 fully saturated rings. The second kappa shape index (κ2) is 9.41. The number of likely N-dealkylation sites (tertiary alicyclic amines) is 1. The van der Waals surface area contributed by atoms with Crippen LogP contribution >= 0.6 is 0 Å². The van der Waals surface area contributed by atoms with Crippen molar-refractivity contribution in [1.82, 2.24) is 24.8 Å². The van der Waals surface area contributed by atoms with Crippen molar-refractivity contribution in [3.63, 3.8) is 0 Å². The molecule has 2 unspecified atom stereocenters. The molecule has 0 saturated carbocycles. The number of amidine groups is 1. The summed E-state index contributed by atoms with van der Waals surface area (Å²) in [6, 6.07) is 21.7. The van der Waals surface area contributed by atoms with Crippen molar-refractivity contribution in [2.24, 2.45) is 15.9 Å². The van der Waals surface area contributed by atoms with Gasteiger partial charge in [0.05, 0.1) is 24.0 Å². The van der Waals surface area contributed by atoms with Gasteiger partial charge >= 0.3 is 0 Å². The zero-order valence-electron chi connectivity index (χ0n) is 20.6. The van der Waals surface area contributed by atoms with E-state index in [9.17, 15) is 0 Å². The molecule has 3 aliphatic heterocycles. The van der Waals surface area contributed by atoms with Crippen LogP contribution in [-0.2, 0) is 6.54 Å². The van der Waals surface area contributed by atoms with Gasteiger partial charge < -0.3 is 5.32 Å². The molecule has 3 aliphatic rings. The third-order valence-electron chi connectivity index (χ3n) is 7.66. The molecule has 2 atom stereocenters. The van der Waals surface area contributed by atoms with Crippen LogP contribution < -0.4 is 5.32 Å². The molecule has 5 heterocycles. The highest BCUT2D eigenvalue weighted by molar-refractivity contribution is 5.91. The standard InChI is InChI=1S/C30H29N7/c1-2-4-22(5-3-1)25-20-37-28(11-15-32-37)35-29(25)23-8-6-21(7-9-23)19-36-16-12-24(13-17-36)30-33-26-10-14-31-18-27(26)34-30/h1-11,14-15,18,20,24,26-27H,12-13,16-17,19H2,(H,33,34). The van der Waals surface area contributed by atoms with Gasteiger partial charge in [0.25, 0.3) is 0 Å². The summed E-state index contributed by atoms with van der Waals surface area (Å²) in [5.41, 5.74) is 6.50. The molecule has 4 aromatic rings. The van der Waals surface area contributed by atoms with Crippen molar-refractivity contribution in [2.45, 2.75) is 31.5 Å². The molecule has 2 aromatic heterocycles. The normalized spacial score (nSPS) is 21.7. The third-order valence-corrected chi connectivity index (χ3v) is 7.66. The van der Waals surface area contributed by atoms with Crippen LogP contribution in [0.2, 0.25) is 0 Å². The van der Waals surface area contributed by atoms with Crippen LogP contribution in [0.3, 0.4) is 0 Å². The quantitative estimate of drug-likeness (QED) is 0.446. The van der Waals surface area contributed by atoms with E-state index >= 15 is 0 Å².